The lowest BCUT2D eigenvalue weighted by Gasteiger charge is -1.98. The number of rotatable bonds is 1. The second-order valence-corrected chi connectivity index (χ2v) is 5.20. The first kappa shape index (κ1) is 11.7. The molecule has 0 unspecified atom stereocenters. The second kappa shape index (κ2) is 4.37. The molecule has 0 fully saturated rings. The smallest absolute Gasteiger partial charge is 0.142 e. The van der Waals surface area contributed by atoms with Crippen molar-refractivity contribution in [3.05, 3.63) is 51.7 Å². The van der Waals surface area contributed by atoms with Crippen molar-refractivity contribution in [3.8, 4) is 11.4 Å². The lowest BCUT2D eigenvalue weighted by Crippen LogP contribution is -1.83. The summed E-state index contributed by atoms with van der Waals surface area (Å²) in [6, 6.07) is 10.4. The Kier molecular flexibility index (Phi) is 2.84. The summed E-state index contributed by atoms with van der Waals surface area (Å²) in [5.74, 6) is 0.175. The summed E-state index contributed by atoms with van der Waals surface area (Å²) in [6.45, 7) is 0. The third kappa shape index (κ3) is 2.02. The van der Waals surface area contributed by atoms with Gasteiger partial charge in [0, 0.05) is 10.0 Å². The predicted molar refractivity (Wildman–Crippen MR) is 74.2 cm³/mol. The van der Waals surface area contributed by atoms with E-state index in [9.17, 15) is 4.39 Å². The van der Waals surface area contributed by atoms with Crippen LogP contribution in [0.3, 0.4) is 0 Å². The van der Waals surface area contributed by atoms with Crippen LogP contribution in [-0.2, 0) is 0 Å². The average Bonchev–Trinajstić information content (AvgIpc) is 2.75. The van der Waals surface area contributed by atoms with Gasteiger partial charge in [0.2, 0.25) is 0 Å². The van der Waals surface area contributed by atoms with E-state index in [2.05, 4.69) is 25.9 Å². The summed E-state index contributed by atoms with van der Waals surface area (Å²) < 4.78 is 14.4. The van der Waals surface area contributed by atoms with Crippen LogP contribution in [0.2, 0.25) is 5.02 Å². The molecule has 18 heavy (non-hydrogen) atoms. The SMILES string of the molecule is Fc1cc(-c2nc3ccc(Br)cc3[nH]2)ccc1Cl. The third-order valence-electron chi connectivity index (χ3n) is 2.64. The second-order valence-electron chi connectivity index (χ2n) is 3.88. The molecule has 2 aromatic carbocycles. The monoisotopic (exact) mass is 324 g/mol. The van der Waals surface area contributed by atoms with E-state index in [0.717, 1.165) is 15.5 Å². The molecule has 90 valence electrons. The first-order chi connectivity index (χ1) is 8.63. The number of imidazole rings is 1. The molecule has 0 atom stereocenters. The van der Waals surface area contributed by atoms with Crippen LogP contribution in [0.25, 0.3) is 22.4 Å². The van der Waals surface area contributed by atoms with Crippen LogP contribution < -0.4 is 0 Å². The summed E-state index contributed by atoms with van der Waals surface area (Å²) >= 11 is 9.05. The van der Waals surface area contributed by atoms with Gasteiger partial charge in [0.15, 0.2) is 0 Å². The molecule has 5 heteroatoms. The van der Waals surface area contributed by atoms with Gasteiger partial charge < -0.3 is 4.98 Å². The zero-order chi connectivity index (χ0) is 12.7. The number of nitrogens with one attached hydrogen (secondary N) is 1. The van der Waals surface area contributed by atoms with E-state index in [1.807, 2.05) is 18.2 Å². The van der Waals surface area contributed by atoms with Gasteiger partial charge in [0.1, 0.15) is 11.6 Å². The maximum atomic E-state index is 13.4. The fourth-order valence-electron chi connectivity index (χ4n) is 1.76. The largest absolute Gasteiger partial charge is 0.338 e. The quantitative estimate of drug-likeness (QED) is 0.685. The number of hydrogen-bond acceptors (Lipinski definition) is 1. The molecular weight excluding hydrogens is 319 g/mol. The zero-order valence-electron chi connectivity index (χ0n) is 9.05. The van der Waals surface area contributed by atoms with Crippen LogP contribution in [0.5, 0.6) is 0 Å². The molecule has 0 bridgehead atoms. The zero-order valence-corrected chi connectivity index (χ0v) is 11.4. The molecule has 3 aromatic rings. The van der Waals surface area contributed by atoms with Gasteiger partial charge in [0.25, 0.3) is 0 Å². The molecule has 1 aromatic heterocycles. The number of fused-ring (bicyclic) bond motifs is 1. The Hall–Kier alpha value is -1.39. The summed E-state index contributed by atoms with van der Waals surface area (Å²) in [4.78, 5) is 7.56. The van der Waals surface area contributed by atoms with Crippen LogP contribution in [0.15, 0.2) is 40.9 Å². The van der Waals surface area contributed by atoms with E-state index in [-0.39, 0.29) is 5.02 Å². The minimum Gasteiger partial charge on any atom is -0.338 e. The van der Waals surface area contributed by atoms with Gasteiger partial charge in [-0.05, 0) is 36.4 Å². The van der Waals surface area contributed by atoms with Crippen molar-refractivity contribution < 1.29 is 4.39 Å². The number of aromatic amines is 1. The van der Waals surface area contributed by atoms with Crippen molar-refractivity contribution in [1.82, 2.24) is 9.97 Å². The Morgan fingerprint density at radius 2 is 2.00 bits per heavy atom. The van der Waals surface area contributed by atoms with Gasteiger partial charge in [-0.3, -0.25) is 0 Å². The number of aromatic nitrogens is 2. The molecule has 0 aliphatic rings. The van der Waals surface area contributed by atoms with E-state index < -0.39 is 5.82 Å². The molecule has 0 amide bonds. The van der Waals surface area contributed by atoms with Gasteiger partial charge in [0.05, 0.1) is 16.1 Å². The maximum absolute atomic E-state index is 13.4. The highest BCUT2D eigenvalue weighted by molar-refractivity contribution is 9.10. The molecule has 0 saturated carbocycles. The maximum Gasteiger partial charge on any atom is 0.142 e. The van der Waals surface area contributed by atoms with E-state index >= 15 is 0 Å². The minimum atomic E-state index is -0.448. The highest BCUT2D eigenvalue weighted by Gasteiger charge is 2.08. The highest BCUT2D eigenvalue weighted by Crippen LogP contribution is 2.25. The molecule has 0 spiro atoms. The van der Waals surface area contributed by atoms with E-state index in [4.69, 9.17) is 11.6 Å². The first-order valence-electron chi connectivity index (χ1n) is 5.24. The summed E-state index contributed by atoms with van der Waals surface area (Å²) in [6.07, 6.45) is 0. The van der Waals surface area contributed by atoms with E-state index in [0.29, 0.717) is 11.4 Å². The lowest BCUT2D eigenvalue weighted by atomic mass is 10.2. The van der Waals surface area contributed by atoms with Crippen LogP contribution in [0, 0.1) is 5.82 Å². The van der Waals surface area contributed by atoms with Crippen molar-refractivity contribution >= 4 is 38.6 Å². The minimum absolute atomic E-state index is 0.109. The molecule has 1 N–H and O–H groups in total. The molecule has 2 nitrogen and oxygen atoms in total. The van der Waals surface area contributed by atoms with Crippen LogP contribution >= 0.6 is 27.5 Å². The molecule has 0 aliphatic carbocycles. The van der Waals surface area contributed by atoms with E-state index in [1.165, 1.54) is 12.1 Å². The standard InChI is InChI=1S/C13H7BrClFN2/c14-8-2-4-11-12(6-8)18-13(17-11)7-1-3-9(15)10(16)5-7/h1-6H,(H,17,18). The number of hydrogen-bond donors (Lipinski definition) is 1. The van der Waals surface area contributed by atoms with Gasteiger partial charge >= 0.3 is 0 Å². The van der Waals surface area contributed by atoms with Crippen molar-refractivity contribution in [2.75, 3.05) is 0 Å². The molecule has 3 rings (SSSR count). The average molecular weight is 326 g/mol. The van der Waals surface area contributed by atoms with Crippen molar-refractivity contribution in [2.45, 2.75) is 0 Å². The Labute approximate surface area is 116 Å². The number of halogens is 3. The van der Waals surface area contributed by atoms with Crippen molar-refractivity contribution in [2.24, 2.45) is 0 Å². The topological polar surface area (TPSA) is 28.7 Å². The summed E-state index contributed by atoms with van der Waals surface area (Å²) in [5.41, 5.74) is 2.41. The number of nitrogens with zero attached hydrogens (tertiary/aromatic N) is 1. The van der Waals surface area contributed by atoms with E-state index in [1.54, 1.807) is 6.07 Å². The normalized spacial score (nSPS) is 11.1. The molecule has 0 radical (unpaired) electrons. The Morgan fingerprint density at radius 1 is 1.17 bits per heavy atom. The van der Waals surface area contributed by atoms with Gasteiger partial charge in [-0.1, -0.05) is 27.5 Å². The fourth-order valence-corrected chi connectivity index (χ4v) is 2.24. The number of benzene rings is 2. The summed E-state index contributed by atoms with van der Waals surface area (Å²) in [7, 11) is 0. The van der Waals surface area contributed by atoms with Crippen LogP contribution in [0.4, 0.5) is 4.39 Å². The molecule has 1 heterocycles. The lowest BCUT2D eigenvalue weighted by molar-refractivity contribution is 0.628. The highest BCUT2D eigenvalue weighted by atomic mass is 79.9. The predicted octanol–water partition coefficient (Wildman–Crippen LogP) is 4.78. The van der Waals surface area contributed by atoms with Crippen molar-refractivity contribution in [1.29, 1.82) is 0 Å². The number of H-pyrrole nitrogens is 1. The molecular formula is C13H7BrClFN2. The Morgan fingerprint density at radius 3 is 2.78 bits per heavy atom. The van der Waals surface area contributed by atoms with Crippen molar-refractivity contribution in [3.63, 3.8) is 0 Å². The first-order valence-corrected chi connectivity index (χ1v) is 6.41. The third-order valence-corrected chi connectivity index (χ3v) is 3.44. The van der Waals surface area contributed by atoms with Crippen LogP contribution in [-0.4, -0.2) is 9.97 Å². The molecule has 0 aliphatic heterocycles. The Bertz CT molecular complexity index is 739. The molecule has 0 saturated heterocycles. The Balaban J connectivity index is 2.16. The summed E-state index contributed by atoms with van der Waals surface area (Å²) in [5, 5.41) is 0.109. The van der Waals surface area contributed by atoms with Gasteiger partial charge in [-0.25, -0.2) is 9.37 Å². The van der Waals surface area contributed by atoms with Crippen LogP contribution in [0.1, 0.15) is 0 Å². The van der Waals surface area contributed by atoms with Gasteiger partial charge in [-0.2, -0.15) is 0 Å². The fraction of sp³-hybridized carbons (Fsp3) is 0. The van der Waals surface area contributed by atoms with Gasteiger partial charge in [-0.15, -0.1) is 0 Å².